The molecule has 5 aromatic rings. The van der Waals surface area contributed by atoms with Gasteiger partial charge in [-0.15, -0.1) is 5.10 Å². The number of amides is 2. The van der Waals surface area contributed by atoms with Crippen LogP contribution in [0.4, 0.5) is 4.79 Å². The number of carbonyl (C=O) groups excluding carboxylic acids is 2. The Kier molecular flexibility index (Phi) is 13.3. The predicted molar refractivity (Wildman–Crippen MR) is 194 cm³/mol. The molecule has 51 heavy (non-hydrogen) atoms. The summed E-state index contributed by atoms with van der Waals surface area (Å²) in [5, 5.41) is 24.1. The average Bonchev–Trinajstić information content (AvgIpc) is 3.64. The molecular weight excluding hydrogens is 642 g/mol. The molecule has 0 aliphatic heterocycles. The van der Waals surface area contributed by atoms with Crippen molar-refractivity contribution in [1.29, 1.82) is 5.26 Å². The first kappa shape index (κ1) is 36.3. The van der Waals surface area contributed by atoms with Gasteiger partial charge in [0.1, 0.15) is 18.4 Å². The fourth-order valence-electron chi connectivity index (χ4n) is 5.62. The first-order valence-corrected chi connectivity index (χ1v) is 17.3. The lowest BCUT2D eigenvalue weighted by atomic mass is 9.98. The van der Waals surface area contributed by atoms with E-state index in [0.717, 1.165) is 52.0 Å². The molecule has 262 valence electrons. The maximum absolute atomic E-state index is 13.8. The summed E-state index contributed by atoms with van der Waals surface area (Å²) in [6.45, 7) is 5.79. The van der Waals surface area contributed by atoms with E-state index in [4.69, 9.17) is 14.7 Å². The molecular formula is C40H43N7O4. The molecule has 2 amide bonds. The summed E-state index contributed by atoms with van der Waals surface area (Å²) in [5.41, 5.74) is 5.66. The highest BCUT2D eigenvalue weighted by atomic mass is 16.5. The van der Waals surface area contributed by atoms with Gasteiger partial charge < -0.3 is 19.7 Å². The van der Waals surface area contributed by atoms with Gasteiger partial charge in [0, 0.05) is 25.1 Å². The molecule has 1 heterocycles. The number of hydrogen-bond acceptors (Lipinski definition) is 8. The molecule has 0 fully saturated rings. The molecule has 0 saturated heterocycles. The summed E-state index contributed by atoms with van der Waals surface area (Å²) in [6, 6.07) is 34.3. The minimum atomic E-state index is -0.860. The van der Waals surface area contributed by atoms with E-state index in [1.54, 1.807) is 16.5 Å². The van der Waals surface area contributed by atoms with E-state index in [1.165, 1.54) is 0 Å². The van der Waals surface area contributed by atoms with Gasteiger partial charge in [0.15, 0.2) is 5.82 Å². The molecule has 5 rings (SSSR count). The lowest BCUT2D eigenvalue weighted by Crippen LogP contribution is -2.49. The molecule has 11 heteroatoms. The largest absolute Gasteiger partial charge is 0.489 e. The molecule has 1 aromatic heterocycles. The van der Waals surface area contributed by atoms with Crippen LogP contribution in [0, 0.1) is 11.3 Å². The summed E-state index contributed by atoms with van der Waals surface area (Å²) in [5.74, 6) is 0.832. The van der Waals surface area contributed by atoms with Gasteiger partial charge in [-0.05, 0) is 63.7 Å². The van der Waals surface area contributed by atoms with E-state index in [-0.39, 0.29) is 19.1 Å². The summed E-state index contributed by atoms with van der Waals surface area (Å²) in [4.78, 5) is 28.5. The molecule has 0 bridgehead atoms. The van der Waals surface area contributed by atoms with Crippen LogP contribution in [0.15, 0.2) is 103 Å². The Morgan fingerprint density at radius 2 is 1.59 bits per heavy atom. The molecule has 0 saturated carbocycles. The van der Waals surface area contributed by atoms with E-state index in [1.807, 2.05) is 103 Å². The summed E-state index contributed by atoms with van der Waals surface area (Å²) in [7, 11) is 0. The van der Waals surface area contributed by atoms with Crippen molar-refractivity contribution in [3.8, 4) is 34.3 Å². The third kappa shape index (κ3) is 10.2. The van der Waals surface area contributed by atoms with E-state index < -0.39 is 12.0 Å². The average molecular weight is 686 g/mol. The van der Waals surface area contributed by atoms with Crippen LogP contribution in [0.2, 0.25) is 0 Å². The van der Waals surface area contributed by atoms with E-state index in [2.05, 4.69) is 33.8 Å². The van der Waals surface area contributed by atoms with Crippen LogP contribution < -0.4 is 10.1 Å². The van der Waals surface area contributed by atoms with Gasteiger partial charge in [0.05, 0.1) is 25.6 Å². The van der Waals surface area contributed by atoms with Crippen LogP contribution in [0.1, 0.15) is 49.8 Å². The SMILES string of the molecule is CCCCN(Cc1ccc(-c2ccccc2-c2nnnn2CCC#N)cc1)C(=O)NC(Cc1ccc(OCc2ccccc2)cc1)C(=O)OCC. The number of unbranched alkanes of at least 4 members (excludes halogenated alkanes) is 1. The number of benzene rings is 4. The standard InChI is InChI=1S/C40H43N7O4/c1-3-5-25-46(28-31-16-20-33(21-17-31)35-14-9-10-15-36(35)38-43-44-45-47(38)26-11-24-41)40(49)42-37(39(48)50-4-2)27-30-18-22-34(23-19-30)51-29-32-12-7-6-8-13-32/h6-10,12-23,37H,3-5,11,25-29H2,1-2H3,(H,42,49). The Bertz CT molecular complexity index is 1890. The number of nitrogens with one attached hydrogen (secondary N) is 1. The number of hydrogen-bond donors (Lipinski definition) is 1. The second kappa shape index (κ2) is 18.7. The second-order valence-electron chi connectivity index (χ2n) is 12.0. The quantitative estimate of drug-likeness (QED) is 0.104. The number of tetrazole rings is 1. The van der Waals surface area contributed by atoms with Crippen LogP contribution >= 0.6 is 0 Å². The summed E-state index contributed by atoms with van der Waals surface area (Å²) >= 11 is 0. The van der Waals surface area contributed by atoms with Gasteiger partial charge >= 0.3 is 12.0 Å². The first-order valence-electron chi connectivity index (χ1n) is 17.3. The summed E-state index contributed by atoms with van der Waals surface area (Å²) < 4.78 is 12.9. The third-order valence-corrected chi connectivity index (χ3v) is 8.32. The van der Waals surface area contributed by atoms with Gasteiger partial charge in [0.2, 0.25) is 0 Å². The highest BCUT2D eigenvalue weighted by molar-refractivity contribution is 5.84. The second-order valence-corrected chi connectivity index (χ2v) is 12.0. The van der Waals surface area contributed by atoms with Crippen LogP contribution in [0.25, 0.3) is 22.5 Å². The van der Waals surface area contributed by atoms with Crippen molar-refractivity contribution < 1.29 is 19.1 Å². The Morgan fingerprint density at radius 1 is 0.882 bits per heavy atom. The zero-order chi connectivity index (χ0) is 35.8. The van der Waals surface area contributed by atoms with E-state index in [0.29, 0.717) is 38.5 Å². The number of rotatable bonds is 17. The maximum Gasteiger partial charge on any atom is 0.329 e. The van der Waals surface area contributed by atoms with Crippen molar-refractivity contribution >= 4 is 12.0 Å². The molecule has 0 aliphatic carbocycles. The van der Waals surface area contributed by atoms with Crippen LogP contribution in [0.5, 0.6) is 5.75 Å². The van der Waals surface area contributed by atoms with E-state index >= 15 is 0 Å². The number of nitrogens with zero attached hydrogens (tertiary/aromatic N) is 6. The van der Waals surface area contributed by atoms with Crippen LogP contribution in [-0.4, -0.2) is 56.3 Å². The van der Waals surface area contributed by atoms with Crippen molar-refractivity contribution in [2.45, 2.75) is 65.3 Å². The predicted octanol–water partition coefficient (Wildman–Crippen LogP) is 6.99. The van der Waals surface area contributed by atoms with Crippen molar-refractivity contribution in [1.82, 2.24) is 30.4 Å². The fraction of sp³-hybridized carbons (Fsp3) is 0.300. The molecule has 4 aromatic carbocycles. The molecule has 0 spiro atoms. The minimum absolute atomic E-state index is 0.210. The van der Waals surface area contributed by atoms with Crippen LogP contribution in [-0.2, 0) is 35.6 Å². The van der Waals surface area contributed by atoms with E-state index in [9.17, 15) is 9.59 Å². The highest BCUT2D eigenvalue weighted by Gasteiger charge is 2.25. The topological polar surface area (TPSA) is 135 Å². The van der Waals surface area contributed by atoms with Gasteiger partial charge in [-0.25, -0.2) is 14.3 Å². The minimum Gasteiger partial charge on any atom is -0.489 e. The maximum atomic E-state index is 13.8. The fourth-order valence-corrected chi connectivity index (χ4v) is 5.62. The number of urea groups is 1. The monoisotopic (exact) mass is 685 g/mol. The first-order chi connectivity index (χ1) is 25.0. The van der Waals surface area contributed by atoms with Crippen molar-refractivity contribution in [2.24, 2.45) is 0 Å². The Balaban J connectivity index is 1.27. The number of nitriles is 1. The van der Waals surface area contributed by atoms with Gasteiger partial charge in [0.25, 0.3) is 0 Å². The molecule has 1 unspecified atom stereocenters. The van der Waals surface area contributed by atoms with Crippen molar-refractivity contribution in [3.05, 3.63) is 120 Å². The zero-order valence-electron chi connectivity index (χ0n) is 29.1. The van der Waals surface area contributed by atoms with Crippen molar-refractivity contribution in [2.75, 3.05) is 13.2 Å². The highest BCUT2D eigenvalue weighted by Crippen LogP contribution is 2.31. The van der Waals surface area contributed by atoms with Gasteiger partial charge in [-0.3, -0.25) is 0 Å². The Hall–Kier alpha value is -6.02. The summed E-state index contributed by atoms with van der Waals surface area (Å²) in [6.07, 6.45) is 2.30. The third-order valence-electron chi connectivity index (χ3n) is 8.32. The number of carbonyl (C=O) groups is 2. The molecule has 1 N–H and O–H groups in total. The Labute approximate surface area is 298 Å². The van der Waals surface area contributed by atoms with Crippen molar-refractivity contribution in [3.63, 3.8) is 0 Å². The number of aryl methyl sites for hydroxylation is 1. The molecule has 0 aliphatic rings. The number of ether oxygens (including phenoxy) is 2. The number of esters is 1. The Morgan fingerprint density at radius 3 is 2.29 bits per heavy atom. The van der Waals surface area contributed by atoms with Crippen LogP contribution in [0.3, 0.4) is 0 Å². The van der Waals surface area contributed by atoms with Gasteiger partial charge in [-0.1, -0.05) is 104 Å². The normalized spacial score (nSPS) is 11.3. The molecule has 11 nitrogen and oxygen atoms in total. The lowest BCUT2D eigenvalue weighted by Gasteiger charge is -2.26. The molecule has 0 radical (unpaired) electrons. The zero-order valence-corrected chi connectivity index (χ0v) is 29.1. The van der Waals surface area contributed by atoms with Gasteiger partial charge in [-0.2, -0.15) is 5.26 Å². The lowest BCUT2D eigenvalue weighted by molar-refractivity contribution is -0.145. The smallest absolute Gasteiger partial charge is 0.329 e. The number of aromatic nitrogens is 4. The molecule has 1 atom stereocenters.